The van der Waals surface area contributed by atoms with Crippen LogP contribution >= 0.6 is 0 Å². The van der Waals surface area contributed by atoms with Crippen LogP contribution in [-0.2, 0) is 0 Å². The molecule has 31 heavy (non-hydrogen) atoms. The molecule has 0 radical (unpaired) electrons. The van der Waals surface area contributed by atoms with Crippen molar-refractivity contribution in [3.63, 3.8) is 0 Å². The van der Waals surface area contributed by atoms with Crippen LogP contribution in [-0.4, -0.2) is 33.1 Å². The number of unbranched alkanes of at least 4 members (excludes halogenated alkanes) is 1. The fraction of sp³-hybridized carbons (Fsp3) is 0.786. The van der Waals surface area contributed by atoms with Gasteiger partial charge in [0.05, 0.1) is 17.8 Å². The Morgan fingerprint density at radius 2 is 1.94 bits per heavy atom. The molecule has 176 valence electrons. The normalized spacial score (nSPS) is 38.0. The summed E-state index contributed by atoms with van der Waals surface area (Å²) in [7, 11) is 0. The van der Waals surface area contributed by atoms with Crippen LogP contribution in [0.25, 0.3) is 0 Å². The molecule has 3 aliphatic rings. The summed E-state index contributed by atoms with van der Waals surface area (Å²) >= 11 is 0. The van der Waals surface area contributed by atoms with Gasteiger partial charge < -0.3 is 15.3 Å². The summed E-state index contributed by atoms with van der Waals surface area (Å²) in [5.41, 5.74) is 3.22. The molecule has 0 amide bonds. The van der Waals surface area contributed by atoms with Gasteiger partial charge in [0.15, 0.2) is 0 Å². The quantitative estimate of drug-likeness (QED) is 0.428. The lowest BCUT2D eigenvalue weighted by Gasteiger charge is -2.44. The van der Waals surface area contributed by atoms with E-state index in [1.807, 2.05) is 13.8 Å². The van der Waals surface area contributed by atoms with Crippen molar-refractivity contribution in [3.05, 3.63) is 35.5 Å². The highest BCUT2D eigenvalue weighted by atomic mass is 16.3. The minimum atomic E-state index is -0.613. The van der Waals surface area contributed by atoms with Crippen molar-refractivity contribution in [3.8, 4) is 0 Å². The number of rotatable bonds is 7. The Labute approximate surface area is 190 Å². The molecule has 3 aliphatic carbocycles. The van der Waals surface area contributed by atoms with Crippen molar-refractivity contribution in [1.29, 1.82) is 0 Å². The Hall–Kier alpha value is -0.900. The van der Waals surface area contributed by atoms with Gasteiger partial charge in [-0.2, -0.15) is 0 Å². The van der Waals surface area contributed by atoms with Gasteiger partial charge in [0.1, 0.15) is 0 Å². The molecule has 6 atom stereocenters. The van der Waals surface area contributed by atoms with Gasteiger partial charge in [-0.25, -0.2) is 0 Å². The standard InChI is InChI=1S/C28H46O3/c1-19(9-6-7-15-27(3,4)31)24-13-14-25-21(10-8-16-28(24,25)5)11-12-22-17-23(29)18-26(30)20(22)2/h11-12,19,23-26,29-31H,2,6-10,13-18H2,1,3-5H3/b21-11?,22-12-/t19-,23-,24-,25+,26+,28-/m1/s1. The third-order valence-corrected chi connectivity index (χ3v) is 8.69. The molecule has 0 aromatic heterocycles. The van der Waals surface area contributed by atoms with Gasteiger partial charge in [0, 0.05) is 6.42 Å². The van der Waals surface area contributed by atoms with Crippen molar-refractivity contribution in [2.75, 3.05) is 0 Å². The van der Waals surface area contributed by atoms with Crippen LogP contribution in [0.3, 0.4) is 0 Å². The second-order valence-electron chi connectivity index (χ2n) is 11.7. The van der Waals surface area contributed by atoms with E-state index in [4.69, 9.17) is 0 Å². The van der Waals surface area contributed by atoms with E-state index in [9.17, 15) is 15.3 Å². The third kappa shape index (κ3) is 5.92. The van der Waals surface area contributed by atoms with E-state index < -0.39 is 17.8 Å². The topological polar surface area (TPSA) is 60.7 Å². The molecule has 0 aromatic carbocycles. The molecular weight excluding hydrogens is 384 g/mol. The van der Waals surface area contributed by atoms with Gasteiger partial charge in [0.25, 0.3) is 0 Å². The molecule has 0 saturated heterocycles. The number of allylic oxidation sites excluding steroid dienone is 3. The van der Waals surface area contributed by atoms with E-state index >= 15 is 0 Å². The van der Waals surface area contributed by atoms with Crippen LogP contribution in [0.5, 0.6) is 0 Å². The maximum atomic E-state index is 10.1. The lowest BCUT2D eigenvalue weighted by molar-refractivity contribution is 0.0650. The van der Waals surface area contributed by atoms with Crippen molar-refractivity contribution in [1.82, 2.24) is 0 Å². The highest BCUT2D eigenvalue weighted by Crippen LogP contribution is 2.60. The van der Waals surface area contributed by atoms with Gasteiger partial charge >= 0.3 is 0 Å². The van der Waals surface area contributed by atoms with Crippen LogP contribution in [0.15, 0.2) is 35.5 Å². The molecule has 3 saturated carbocycles. The summed E-state index contributed by atoms with van der Waals surface area (Å²) in [5.74, 6) is 2.18. The van der Waals surface area contributed by atoms with Crippen LogP contribution < -0.4 is 0 Å². The highest BCUT2D eigenvalue weighted by molar-refractivity contribution is 5.38. The van der Waals surface area contributed by atoms with Crippen LogP contribution in [0.4, 0.5) is 0 Å². The molecule has 0 aliphatic heterocycles. The van der Waals surface area contributed by atoms with E-state index in [2.05, 4.69) is 32.6 Å². The predicted molar refractivity (Wildman–Crippen MR) is 129 cm³/mol. The molecule has 3 nitrogen and oxygen atoms in total. The fourth-order valence-corrected chi connectivity index (χ4v) is 6.90. The third-order valence-electron chi connectivity index (χ3n) is 8.69. The van der Waals surface area contributed by atoms with Gasteiger partial charge in [-0.3, -0.25) is 0 Å². The largest absolute Gasteiger partial charge is 0.393 e. The van der Waals surface area contributed by atoms with Crippen molar-refractivity contribution in [2.24, 2.45) is 23.2 Å². The number of hydrogen-bond donors (Lipinski definition) is 3. The zero-order valence-corrected chi connectivity index (χ0v) is 20.4. The average molecular weight is 431 g/mol. The summed E-state index contributed by atoms with van der Waals surface area (Å²) in [6.45, 7) is 12.9. The van der Waals surface area contributed by atoms with Crippen molar-refractivity contribution >= 4 is 0 Å². The summed E-state index contributed by atoms with van der Waals surface area (Å²) in [6, 6.07) is 0. The van der Waals surface area contributed by atoms with E-state index in [0.29, 0.717) is 24.2 Å². The minimum absolute atomic E-state index is 0.390. The van der Waals surface area contributed by atoms with E-state index in [-0.39, 0.29) is 0 Å². The van der Waals surface area contributed by atoms with Crippen molar-refractivity contribution in [2.45, 2.75) is 116 Å². The maximum absolute atomic E-state index is 10.1. The first-order valence-electron chi connectivity index (χ1n) is 12.7. The molecular formula is C28H46O3. The van der Waals surface area contributed by atoms with Gasteiger partial charge in [0.2, 0.25) is 0 Å². The molecule has 0 aromatic rings. The molecule has 0 unspecified atom stereocenters. The Balaban J connectivity index is 1.66. The summed E-state index contributed by atoms with van der Waals surface area (Å²) in [6.07, 6.45) is 15.2. The Morgan fingerprint density at radius 3 is 2.65 bits per heavy atom. The summed E-state index contributed by atoms with van der Waals surface area (Å²) < 4.78 is 0. The molecule has 3 fully saturated rings. The smallest absolute Gasteiger partial charge is 0.0811 e. The molecule has 3 rings (SSSR count). The predicted octanol–water partition coefficient (Wildman–Crippen LogP) is 6.09. The Bertz CT molecular complexity index is 698. The first-order valence-corrected chi connectivity index (χ1v) is 12.7. The summed E-state index contributed by atoms with van der Waals surface area (Å²) in [4.78, 5) is 0. The molecule has 0 heterocycles. The zero-order valence-electron chi connectivity index (χ0n) is 20.4. The van der Waals surface area contributed by atoms with E-state index in [1.54, 1.807) is 5.57 Å². The average Bonchev–Trinajstić information content (AvgIpc) is 3.03. The van der Waals surface area contributed by atoms with E-state index in [0.717, 1.165) is 35.8 Å². The fourth-order valence-electron chi connectivity index (χ4n) is 6.90. The lowest BCUT2D eigenvalue weighted by Crippen LogP contribution is -2.36. The second-order valence-corrected chi connectivity index (χ2v) is 11.7. The molecule has 3 N–H and O–H groups in total. The van der Waals surface area contributed by atoms with Gasteiger partial charge in [-0.05, 0) is 93.1 Å². The number of fused-ring (bicyclic) bond motifs is 1. The molecule has 0 bridgehead atoms. The number of hydrogen-bond acceptors (Lipinski definition) is 3. The molecule has 0 spiro atoms. The monoisotopic (exact) mass is 430 g/mol. The Morgan fingerprint density at radius 1 is 1.19 bits per heavy atom. The van der Waals surface area contributed by atoms with Gasteiger partial charge in [-0.1, -0.05) is 57.4 Å². The Kier molecular flexibility index (Phi) is 7.92. The summed E-state index contributed by atoms with van der Waals surface area (Å²) in [5, 5.41) is 30.2. The van der Waals surface area contributed by atoms with E-state index in [1.165, 1.54) is 44.9 Å². The highest BCUT2D eigenvalue weighted by Gasteiger charge is 2.50. The number of aliphatic hydroxyl groups is 3. The van der Waals surface area contributed by atoms with Crippen molar-refractivity contribution < 1.29 is 15.3 Å². The van der Waals surface area contributed by atoms with Crippen LogP contribution in [0.2, 0.25) is 0 Å². The first kappa shape index (κ1) is 24.7. The maximum Gasteiger partial charge on any atom is 0.0811 e. The minimum Gasteiger partial charge on any atom is -0.393 e. The molecule has 3 heteroatoms. The van der Waals surface area contributed by atoms with Gasteiger partial charge in [-0.15, -0.1) is 0 Å². The SMILES string of the molecule is C=C1/C(=C\C=C2CCC[C@]3(C)[C@@H]([C@H](C)CCCCC(C)(C)O)CC[C@@H]23)C[C@@H](O)C[C@@H]1O. The van der Waals surface area contributed by atoms with Crippen LogP contribution in [0, 0.1) is 23.2 Å². The second kappa shape index (κ2) is 9.93. The first-order chi connectivity index (χ1) is 14.5. The number of aliphatic hydroxyl groups excluding tert-OH is 2. The lowest BCUT2D eigenvalue weighted by atomic mass is 9.60. The zero-order chi connectivity index (χ0) is 22.8. The van der Waals surface area contributed by atoms with Crippen LogP contribution in [0.1, 0.15) is 98.3 Å².